The number of urea groups is 1. The Morgan fingerprint density at radius 1 is 1.26 bits per heavy atom. The highest BCUT2D eigenvalue weighted by Gasteiger charge is 2.12. The van der Waals surface area contributed by atoms with Gasteiger partial charge >= 0.3 is 12.0 Å². The molecule has 0 bridgehead atoms. The molecule has 3 amide bonds. The van der Waals surface area contributed by atoms with Crippen molar-refractivity contribution < 1.29 is 28.6 Å². The number of hydrogen-bond donors (Lipinski definition) is 2. The van der Waals surface area contributed by atoms with Crippen LogP contribution >= 0.6 is 0 Å². The van der Waals surface area contributed by atoms with E-state index in [1.165, 1.54) is 12.2 Å². The van der Waals surface area contributed by atoms with Gasteiger partial charge in [-0.2, -0.15) is 0 Å². The lowest BCUT2D eigenvalue weighted by atomic mass is 10.2. The third kappa shape index (κ3) is 5.03. The Morgan fingerprint density at radius 2 is 2.04 bits per heavy atom. The summed E-state index contributed by atoms with van der Waals surface area (Å²) in [5.41, 5.74) is 0.720. The van der Waals surface area contributed by atoms with Crippen molar-refractivity contribution in [3.63, 3.8) is 0 Å². The first-order valence-electron chi connectivity index (χ1n) is 6.90. The van der Waals surface area contributed by atoms with Crippen LogP contribution in [0.1, 0.15) is 12.5 Å². The van der Waals surface area contributed by atoms with Crippen molar-refractivity contribution in [1.29, 1.82) is 0 Å². The molecule has 0 atom stereocenters. The number of imide groups is 1. The lowest BCUT2D eigenvalue weighted by Gasteiger charge is -2.04. The van der Waals surface area contributed by atoms with Gasteiger partial charge < -0.3 is 19.5 Å². The Labute approximate surface area is 132 Å². The maximum absolute atomic E-state index is 11.5. The van der Waals surface area contributed by atoms with Crippen molar-refractivity contribution in [2.24, 2.45) is 0 Å². The molecule has 2 N–H and O–H groups in total. The zero-order chi connectivity index (χ0) is 16.7. The summed E-state index contributed by atoms with van der Waals surface area (Å²) < 4.78 is 15.1. The van der Waals surface area contributed by atoms with Crippen LogP contribution in [0.3, 0.4) is 0 Å². The lowest BCUT2D eigenvalue weighted by molar-refractivity contribution is -0.143. The summed E-state index contributed by atoms with van der Waals surface area (Å²) in [4.78, 5) is 33.9. The summed E-state index contributed by atoms with van der Waals surface area (Å²) in [6.45, 7) is 1.73. The molecule has 0 unspecified atom stereocenters. The van der Waals surface area contributed by atoms with Crippen LogP contribution in [0.4, 0.5) is 4.79 Å². The van der Waals surface area contributed by atoms with E-state index in [4.69, 9.17) is 14.2 Å². The van der Waals surface area contributed by atoms with Crippen LogP contribution in [0.2, 0.25) is 0 Å². The molecule has 8 nitrogen and oxygen atoms in total. The molecule has 0 saturated heterocycles. The van der Waals surface area contributed by atoms with Gasteiger partial charge in [0.2, 0.25) is 6.79 Å². The Morgan fingerprint density at radius 3 is 2.83 bits per heavy atom. The van der Waals surface area contributed by atoms with Crippen molar-refractivity contribution in [2.45, 2.75) is 6.92 Å². The van der Waals surface area contributed by atoms with Crippen molar-refractivity contribution in [3.8, 4) is 11.5 Å². The van der Waals surface area contributed by atoms with Gasteiger partial charge in [0.05, 0.1) is 0 Å². The summed E-state index contributed by atoms with van der Waals surface area (Å²) >= 11 is 0. The topological polar surface area (TPSA) is 103 Å². The first-order chi connectivity index (χ1) is 11.1. The van der Waals surface area contributed by atoms with Gasteiger partial charge in [-0.3, -0.25) is 10.1 Å². The number of ether oxygens (including phenoxy) is 3. The fourth-order valence-electron chi connectivity index (χ4n) is 1.73. The molecular weight excluding hydrogens is 304 g/mol. The number of rotatable bonds is 5. The zero-order valence-electron chi connectivity index (χ0n) is 12.5. The minimum absolute atomic E-state index is 0.172. The molecule has 1 heterocycles. The number of hydrogen-bond acceptors (Lipinski definition) is 6. The van der Waals surface area contributed by atoms with E-state index < -0.39 is 24.5 Å². The van der Waals surface area contributed by atoms with Gasteiger partial charge in [0.15, 0.2) is 18.1 Å². The largest absolute Gasteiger partial charge is 0.454 e. The van der Waals surface area contributed by atoms with Gasteiger partial charge in [-0.05, 0) is 30.7 Å². The van der Waals surface area contributed by atoms with Crippen LogP contribution in [0.5, 0.6) is 11.5 Å². The number of esters is 1. The Kier molecular flexibility index (Phi) is 5.56. The Hall–Kier alpha value is -3.03. The van der Waals surface area contributed by atoms with Gasteiger partial charge in [0, 0.05) is 12.6 Å². The Bertz CT molecular complexity index is 641. The van der Waals surface area contributed by atoms with Crippen molar-refractivity contribution in [2.75, 3.05) is 19.9 Å². The minimum atomic E-state index is -0.708. The highest BCUT2D eigenvalue weighted by molar-refractivity contribution is 5.96. The van der Waals surface area contributed by atoms with Crippen LogP contribution in [-0.2, 0) is 14.3 Å². The summed E-state index contributed by atoms with van der Waals surface area (Å²) in [5, 5.41) is 4.40. The normalized spacial score (nSPS) is 12.0. The quantitative estimate of drug-likeness (QED) is 0.615. The third-order valence-corrected chi connectivity index (χ3v) is 2.74. The fraction of sp³-hybridized carbons (Fsp3) is 0.267. The smallest absolute Gasteiger partial charge is 0.331 e. The number of benzene rings is 1. The second-order valence-electron chi connectivity index (χ2n) is 4.46. The molecule has 1 aromatic carbocycles. The zero-order valence-corrected chi connectivity index (χ0v) is 12.5. The van der Waals surface area contributed by atoms with Crippen molar-refractivity contribution >= 4 is 24.0 Å². The maximum Gasteiger partial charge on any atom is 0.331 e. The SMILES string of the molecule is CCNC(=O)NC(=O)COC(=O)/C=C/c1ccc2c(c1)OCO2. The number of fused-ring (bicyclic) bond motifs is 1. The van der Waals surface area contributed by atoms with Crippen LogP contribution < -0.4 is 20.1 Å². The number of carbonyl (C=O) groups is 3. The van der Waals surface area contributed by atoms with E-state index in [1.54, 1.807) is 25.1 Å². The molecule has 8 heteroatoms. The van der Waals surface area contributed by atoms with Crippen molar-refractivity contribution in [3.05, 3.63) is 29.8 Å². The van der Waals surface area contributed by atoms with Crippen LogP contribution in [-0.4, -0.2) is 37.9 Å². The molecule has 0 aliphatic carbocycles. The second kappa shape index (κ2) is 7.83. The summed E-state index contributed by atoms with van der Waals surface area (Å²) in [6.07, 6.45) is 2.70. The first kappa shape index (κ1) is 16.3. The lowest BCUT2D eigenvalue weighted by Crippen LogP contribution is -2.41. The monoisotopic (exact) mass is 320 g/mol. The predicted molar refractivity (Wildman–Crippen MR) is 79.8 cm³/mol. The number of nitrogens with one attached hydrogen (secondary N) is 2. The van der Waals surface area contributed by atoms with Gasteiger partial charge in [0.1, 0.15) is 0 Å². The molecule has 0 fully saturated rings. The first-order valence-corrected chi connectivity index (χ1v) is 6.90. The summed E-state index contributed by atoms with van der Waals surface area (Å²) in [7, 11) is 0. The highest BCUT2D eigenvalue weighted by atomic mass is 16.7. The molecule has 0 spiro atoms. The number of amides is 3. The van der Waals surface area contributed by atoms with E-state index in [-0.39, 0.29) is 6.79 Å². The molecule has 1 aromatic rings. The fourth-order valence-corrected chi connectivity index (χ4v) is 1.73. The molecule has 0 aromatic heterocycles. The molecule has 2 rings (SSSR count). The van der Waals surface area contributed by atoms with Gasteiger partial charge in [-0.25, -0.2) is 9.59 Å². The molecule has 0 saturated carbocycles. The van der Waals surface area contributed by atoms with Gasteiger partial charge in [-0.1, -0.05) is 6.07 Å². The second-order valence-corrected chi connectivity index (χ2v) is 4.46. The minimum Gasteiger partial charge on any atom is -0.454 e. The molecule has 1 aliphatic heterocycles. The summed E-state index contributed by atoms with van der Waals surface area (Å²) in [5.74, 6) is -0.164. The van der Waals surface area contributed by atoms with E-state index in [1.807, 2.05) is 5.32 Å². The van der Waals surface area contributed by atoms with E-state index in [0.717, 1.165) is 5.56 Å². The third-order valence-electron chi connectivity index (χ3n) is 2.74. The van der Waals surface area contributed by atoms with Crippen LogP contribution in [0.15, 0.2) is 24.3 Å². The van der Waals surface area contributed by atoms with Crippen LogP contribution in [0, 0.1) is 0 Å². The van der Waals surface area contributed by atoms with Crippen LogP contribution in [0.25, 0.3) is 6.08 Å². The van der Waals surface area contributed by atoms with Gasteiger partial charge in [0.25, 0.3) is 5.91 Å². The van der Waals surface area contributed by atoms with Crippen molar-refractivity contribution in [1.82, 2.24) is 10.6 Å². The maximum atomic E-state index is 11.5. The summed E-state index contributed by atoms with van der Waals surface area (Å²) in [6, 6.07) is 4.56. The van der Waals surface area contributed by atoms with Gasteiger partial charge in [-0.15, -0.1) is 0 Å². The van der Waals surface area contributed by atoms with E-state index >= 15 is 0 Å². The molecular formula is C15H16N2O6. The van der Waals surface area contributed by atoms with E-state index in [0.29, 0.717) is 18.0 Å². The predicted octanol–water partition coefficient (Wildman–Crippen LogP) is 0.817. The molecule has 0 radical (unpaired) electrons. The standard InChI is InChI=1S/C15H16N2O6/c1-2-16-15(20)17-13(18)8-21-14(19)6-4-10-3-5-11-12(7-10)23-9-22-11/h3-7H,2,8-9H2,1H3,(H2,16,17,18,20)/b6-4+. The number of carbonyl (C=O) groups excluding carboxylic acids is 3. The molecule has 23 heavy (non-hydrogen) atoms. The highest BCUT2D eigenvalue weighted by Crippen LogP contribution is 2.32. The molecule has 122 valence electrons. The molecule has 1 aliphatic rings. The Balaban J connectivity index is 1.78. The van der Waals surface area contributed by atoms with E-state index in [2.05, 4.69) is 5.32 Å². The average molecular weight is 320 g/mol. The average Bonchev–Trinajstić information content (AvgIpc) is 2.98. The van der Waals surface area contributed by atoms with E-state index in [9.17, 15) is 14.4 Å².